The third kappa shape index (κ3) is 3.24. The van der Waals surface area contributed by atoms with Gasteiger partial charge in [-0.3, -0.25) is 0 Å². The van der Waals surface area contributed by atoms with Crippen LogP contribution in [0.25, 0.3) is 0 Å². The Morgan fingerprint density at radius 1 is 1.50 bits per heavy atom. The largest absolute Gasteiger partial charge is 0.497 e. The summed E-state index contributed by atoms with van der Waals surface area (Å²) < 4.78 is 5.22. The first kappa shape index (κ1) is 13.4. The second kappa shape index (κ2) is 5.72. The molecule has 2 rings (SSSR count). The molecule has 0 saturated carbocycles. The average Bonchev–Trinajstić information content (AvgIpc) is 2.39. The van der Waals surface area contributed by atoms with Gasteiger partial charge in [0.15, 0.2) is 0 Å². The minimum Gasteiger partial charge on any atom is -0.497 e. The molecule has 1 saturated heterocycles. The van der Waals surface area contributed by atoms with E-state index in [9.17, 15) is 5.11 Å². The molecule has 0 radical (unpaired) electrons. The first-order valence-corrected chi connectivity index (χ1v) is 6.68. The zero-order valence-corrected chi connectivity index (χ0v) is 11.3. The van der Waals surface area contributed by atoms with Crippen molar-refractivity contribution in [2.24, 2.45) is 5.92 Å². The highest BCUT2D eigenvalue weighted by molar-refractivity contribution is 5.29. The molecule has 3 nitrogen and oxygen atoms in total. The Bertz CT molecular complexity index is 384. The van der Waals surface area contributed by atoms with Crippen molar-refractivity contribution < 1.29 is 9.84 Å². The van der Waals surface area contributed by atoms with Crippen molar-refractivity contribution in [2.75, 3.05) is 20.2 Å². The van der Waals surface area contributed by atoms with Crippen LogP contribution in [0, 0.1) is 5.92 Å². The topological polar surface area (TPSA) is 41.5 Å². The Kier molecular flexibility index (Phi) is 4.25. The van der Waals surface area contributed by atoms with Gasteiger partial charge in [-0.25, -0.2) is 0 Å². The van der Waals surface area contributed by atoms with E-state index in [1.54, 1.807) is 7.11 Å². The lowest BCUT2D eigenvalue weighted by molar-refractivity contribution is -0.0102. The molecule has 1 fully saturated rings. The third-order valence-electron chi connectivity index (χ3n) is 3.87. The summed E-state index contributed by atoms with van der Waals surface area (Å²) in [6.07, 6.45) is 2.93. The summed E-state index contributed by atoms with van der Waals surface area (Å²) in [6, 6.07) is 7.96. The van der Waals surface area contributed by atoms with E-state index in [2.05, 4.69) is 5.32 Å². The zero-order valence-electron chi connectivity index (χ0n) is 11.3. The van der Waals surface area contributed by atoms with E-state index < -0.39 is 5.60 Å². The predicted molar refractivity (Wildman–Crippen MR) is 72.9 cm³/mol. The highest BCUT2D eigenvalue weighted by Gasteiger charge is 2.32. The minimum absolute atomic E-state index is 0.331. The second-order valence-electron chi connectivity index (χ2n) is 5.43. The van der Waals surface area contributed by atoms with Crippen LogP contribution in [-0.2, 0) is 6.42 Å². The summed E-state index contributed by atoms with van der Waals surface area (Å²) in [5, 5.41) is 14.0. The predicted octanol–water partition coefficient (Wildman–Crippen LogP) is 1.99. The third-order valence-corrected chi connectivity index (χ3v) is 3.87. The molecule has 2 unspecified atom stereocenters. The van der Waals surface area contributed by atoms with Crippen LogP contribution in [-0.4, -0.2) is 30.9 Å². The van der Waals surface area contributed by atoms with E-state index in [1.807, 2.05) is 31.2 Å². The van der Waals surface area contributed by atoms with Crippen LogP contribution >= 0.6 is 0 Å². The molecular weight excluding hydrogens is 226 g/mol. The van der Waals surface area contributed by atoms with Gasteiger partial charge in [0.25, 0.3) is 0 Å². The van der Waals surface area contributed by atoms with E-state index >= 15 is 0 Å². The molecule has 0 aliphatic carbocycles. The van der Waals surface area contributed by atoms with Gasteiger partial charge in [0, 0.05) is 18.9 Å². The van der Waals surface area contributed by atoms with Gasteiger partial charge >= 0.3 is 0 Å². The number of methoxy groups -OCH3 is 1. The standard InChI is InChI=1S/C15H23NO2/c1-15(17,13-6-4-8-16-11-13)10-12-5-3-7-14(9-12)18-2/h3,5,7,9,13,16-17H,4,6,8,10-11H2,1-2H3. The molecule has 1 heterocycles. The van der Waals surface area contributed by atoms with Gasteiger partial charge in [0.05, 0.1) is 12.7 Å². The number of rotatable bonds is 4. The smallest absolute Gasteiger partial charge is 0.119 e. The molecule has 100 valence electrons. The summed E-state index contributed by atoms with van der Waals surface area (Å²) in [6.45, 7) is 3.94. The highest BCUT2D eigenvalue weighted by atomic mass is 16.5. The summed E-state index contributed by atoms with van der Waals surface area (Å²) >= 11 is 0. The fraction of sp³-hybridized carbons (Fsp3) is 0.600. The lowest BCUT2D eigenvalue weighted by Crippen LogP contribution is -2.45. The van der Waals surface area contributed by atoms with E-state index in [0.29, 0.717) is 12.3 Å². The molecule has 0 amide bonds. The maximum Gasteiger partial charge on any atom is 0.119 e. The Morgan fingerprint density at radius 3 is 3.00 bits per heavy atom. The van der Waals surface area contributed by atoms with Crippen LogP contribution in [0.3, 0.4) is 0 Å². The molecule has 1 aromatic carbocycles. The molecule has 2 atom stereocenters. The fourth-order valence-corrected chi connectivity index (χ4v) is 2.72. The number of ether oxygens (including phenoxy) is 1. The lowest BCUT2D eigenvalue weighted by Gasteiger charge is -2.36. The van der Waals surface area contributed by atoms with Crippen molar-refractivity contribution in [1.29, 1.82) is 0 Å². The summed E-state index contributed by atoms with van der Waals surface area (Å²) in [7, 11) is 1.67. The molecule has 1 aliphatic rings. The minimum atomic E-state index is -0.653. The SMILES string of the molecule is COc1cccc(CC(C)(O)C2CCCNC2)c1. The number of piperidine rings is 1. The molecule has 2 N–H and O–H groups in total. The molecule has 0 bridgehead atoms. The van der Waals surface area contributed by atoms with Crippen LogP contribution < -0.4 is 10.1 Å². The van der Waals surface area contributed by atoms with Crippen molar-refractivity contribution in [2.45, 2.75) is 31.8 Å². The normalized spacial score (nSPS) is 23.4. The maximum absolute atomic E-state index is 10.7. The monoisotopic (exact) mass is 249 g/mol. The number of hydrogen-bond acceptors (Lipinski definition) is 3. The molecule has 3 heteroatoms. The van der Waals surface area contributed by atoms with Gasteiger partial charge in [-0.05, 0) is 44.0 Å². The Morgan fingerprint density at radius 2 is 2.33 bits per heavy atom. The van der Waals surface area contributed by atoms with Crippen LogP contribution in [0.5, 0.6) is 5.75 Å². The van der Waals surface area contributed by atoms with Gasteiger partial charge in [0.1, 0.15) is 5.75 Å². The number of nitrogens with one attached hydrogen (secondary N) is 1. The molecule has 1 aromatic rings. The van der Waals surface area contributed by atoms with Gasteiger partial charge in [-0.15, -0.1) is 0 Å². The molecule has 1 aliphatic heterocycles. The van der Waals surface area contributed by atoms with Gasteiger partial charge in [-0.2, -0.15) is 0 Å². The molecular formula is C15H23NO2. The van der Waals surface area contributed by atoms with Crippen LogP contribution in [0.1, 0.15) is 25.3 Å². The highest BCUT2D eigenvalue weighted by Crippen LogP contribution is 2.28. The second-order valence-corrected chi connectivity index (χ2v) is 5.43. The van der Waals surface area contributed by atoms with E-state index in [0.717, 1.165) is 37.2 Å². The van der Waals surface area contributed by atoms with Crippen molar-refractivity contribution in [3.05, 3.63) is 29.8 Å². The molecule has 0 spiro atoms. The first-order chi connectivity index (χ1) is 8.62. The van der Waals surface area contributed by atoms with Crippen molar-refractivity contribution in [3.8, 4) is 5.75 Å². The fourth-order valence-electron chi connectivity index (χ4n) is 2.72. The lowest BCUT2D eigenvalue weighted by atomic mass is 9.79. The maximum atomic E-state index is 10.7. The van der Waals surface area contributed by atoms with Crippen molar-refractivity contribution in [1.82, 2.24) is 5.32 Å². The summed E-state index contributed by atoms with van der Waals surface area (Å²) in [5.41, 5.74) is 0.477. The van der Waals surface area contributed by atoms with Crippen molar-refractivity contribution >= 4 is 0 Å². The number of aliphatic hydroxyl groups is 1. The van der Waals surface area contributed by atoms with E-state index in [4.69, 9.17) is 4.74 Å². The molecule has 0 aromatic heterocycles. The Balaban J connectivity index is 2.05. The summed E-state index contributed by atoms with van der Waals surface area (Å²) in [5.74, 6) is 1.18. The van der Waals surface area contributed by atoms with E-state index in [1.165, 1.54) is 0 Å². The summed E-state index contributed by atoms with van der Waals surface area (Å²) in [4.78, 5) is 0. The van der Waals surface area contributed by atoms with Crippen molar-refractivity contribution in [3.63, 3.8) is 0 Å². The van der Waals surface area contributed by atoms with Gasteiger partial charge < -0.3 is 15.2 Å². The number of benzene rings is 1. The van der Waals surface area contributed by atoms with Crippen LogP contribution in [0.15, 0.2) is 24.3 Å². The first-order valence-electron chi connectivity index (χ1n) is 6.68. The quantitative estimate of drug-likeness (QED) is 0.857. The zero-order chi connectivity index (χ0) is 13.0. The van der Waals surface area contributed by atoms with Gasteiger partial charge in [0.2, 0.25) is 0 Å². The van der Waals surface area contributed by atoms with Crippen LogP contribution in [0.4, 0.5) is 0 Å². The Labute approximate surface area is 109 Å². The Hall–Kier alpha value is -1.06. The van der Waals surface area contributed by atoms with Gasteiger partial charge in [-0.1, -0.05) is 12.1 Å². The van der Waals surface area contributed by atoms with Crippen LogP contribution in [0.2, 0.25) is 0 Å². The average molecular weight is 249 g/mol. The number of hydrogen-bond donors (Lipinski definition) is 2. The molecule has 18 heavy (non-hydrogen) atoms. The van der Waals surface area contributed by atoms with E-state index in [-0.39, 0.29) is 0 Å².